The van der Waals surface area contributed by atoms with Crippen LogP contribution in [-0.4, -0.2) is 4.98 Å². The van der Waals surface area contributed by atoms with Crippen molar-refractivity contribution in [2.24, 2.45) is 5.92 Å². The highest BCUT2D eigenvalue weighted by molar-refractivity contribution is 6.33. The molecule has 21 heavy (non-hydrogen) atoms. The maximum atomic E-state index is 9.51. The van der Waals surface area contributed by atoms with Gasteiger partial charge in [-0.05, 0) is 36.8 Å². The summed E-state index contributed by atoms with van der Waals surface area (Å²) < 4.78 is 0. The number of rotatable bonds is 1. The number of nitriles is 1. The van der Waals surface area contributed by atoms with Crippen molar-refractivity contribution in [1.82, 2.24) is 4.98 Å². The number of halogens is 1. The number of fused-ring (bicyclic) bond motifs is 1. The Morgan fingerprint density at radius 3 is 2.86 bits per heavy atom. The molecule has 0 aliphatic heterocycles. The fourth-order valence-electron chi connectivity index (χ4n) is 3.03. The quantitative estimate of drug-likeness (QED) is 0.866. The highest BCUT2D eigenvalue weighted by atomic mass is 35.5. The number of nitrogens with two attached hydrogens (primary N) is 1. The lowest BCUT2D eigenvalue weighted by atomic mass is 9.82. The molecule has 1 aliphatic rings. The van der Waals surface area contributed by atoms with E-state index in [4.69, 9.17) is 17.3 Å². The van der Waals surface area contributed by atoms with Gasteiger partial charge >= 0.3 is 0 Å². The van der Waals surface area contributed by atoms with Gasteiger partial charge in [0.1, 0.15) is 17.5 Å². The van der Waals surface area contributed by atoms with Crippen LogP contribution in [0, 0.1) is 17.2 Å². The molecule has 1 aliphatic carbocycles. The number of aryl methyl sites for hydroxylation is 1. The fourth-order valence-corrected chi connectivity index (χ4v) is 3.26. The number of anilines is 1. The van der Waals surface area contributed by atoms with Gasteiger partial charge in [-0.15, -0.1) is 0 Å². The molecule has 2 N–H and O–H groups in total. The van der Waals surface area contributed by atoms with E-state index in [0.29, 0.717) is 22.3 Å². The summed E-state index contributed by atoms with van der Waals surface area (Å²) in [4.78, 5) is 4.45. The van der Waals surface area contributed by atoms with Gasteiger partial charge in [0.05, 0.1) is 0 Å². The largest absolute Gasteiger partial charge is 0.383 e. The molecule has 4 heteroatoms. The van der Waals surface area contributed by atoms with Crippen molar-refractivity contribution < 1.29 is 0 Å². The van der Waals surface area contributed by atoms with Gasteiger partial charge in [0.25, 0.3) is 0 Å². The number of pyridine rings is 1. The third kappa shape index (κ3) is 2.36. The zero-order chi connectivity index (χ0) is 15.0. The Balaban J connectivity index is 2.35. The predicted molar refractivity (Wildman–Crippen MR) is 85.0 cm³/mol. The Kier molecular flexibility index (Phi) is 3.57. The van der Waals surface area contributed by atoms with E-state index in [-0.39, 0.29) is 0 Å². The molecule has 3 nitrogen and oxygen atoms in total. The molecule has 0 spiro atoms. The second-order valence-corrected chi connectivity index (χ2v) is 6.02. The summed E-state index contributed by atoms with van der Waals surface area (Å²) >= 11 is 6.35. The van der Waals surface area contributed by atoms with Crippen molar-refractivity contribution in [2.75, 3.05) is 5.73 Å². The molecule has 1 unspecified atom stereocenters. The molecular weight excluding hydrogens is 282 g/mol. The Morgan fingerprint density at radius 2 is 2.14 bits per heavy atom. The maximum Gasteiger partial charge on any atom is 0.142 e. The number of hydrogen-bond donors (Lipinski definition) is 1. The lowest BCUT2D eigenvalue weighted by Crippen LogP contribution is -2.16. The van der Waals surface area contributed by atoms with Crippen LogP contribution in [0.25, 0.3) is 11.1 Å². The first-order valence-corrected chi connectivity index (χ1v) is 7.45. The van der Waals surface area contributed by atoms with E-state index >= 15 is 0 Å². The van der Waals surface area contributed by atoms with Crippen LogP contribution in [0.5, 0.6) is 0 Å². The van der Waals surface area contributed by atoms with E-state index < -0.39 is 0 Å². The predicted octanol–water partition coefficient (Wildman–Crippen LogP) is 3.98. The molecule has 0 radical (unpaired) electrons. The minimum atomic E-state index is 0.306. The third-order valence-corrected chi connectivity index (χ3v) is 4.42. The highest BCUT2D eigenvalue weighted by Crippen LogP contribution is 2.39. The molecule has 0 bridgehead atoms. The minimum absolute atomic E-state index is 0.306. The molecule has 0 saturated carbocycles. The number of aromatic nitrogens is 1. The van der Waals surface area contributed by atoms with Gasteiger partial charge in [0.2, 0.25) is 0 Å². The fraction of sp³-hybridized carbons (Fsp3) is 0.294. The third-order valence-electron chi connectivity index (χ3n) is 4.09. The molecule has 1 aromatic carbocycles. The first kappa shape index (κ1) is 13.9. The van der Waals surface area contributed by atoms with Gasteiger partial charge in [-0.25, -0.2) is 4.98 Å². The lowest BCUT2D eigenvalue weighted by Gasteiger charge is -2.25. The SMILES string of the molecule is CC1CCc2nc(N)c(C#N)c(-c3ccccc3Cl)c2C1. The zero-order valence-electron chi connectivity index (χ0n) is 11.9. The molecule has 106 valence electrons. The van der Waals surface area contributed by atoms with E-state index in [2.05, 4.69) is 18.0 Å². The van der Waals surface area contributed by atoms with Crippen molar-refractivity contribution in [3.8, 4) is 17.2 Å². The Morgan fingerprint density at radius 1 is 1.38 bits per heavy atom. The van der Waals surface area contributed by atoms with Crippen molar-refractivity contribution in [3.05, 3.63) is 46.1 Å². The molecular formula is C17H16ClN3. The average molecular weight is 298 g/mol. The molecule has 1 atom stereocenters. The molecule has 1 aromatic heterocycles. The summed E-state index contributed by atoms with van der Waals surface area (Å²) in [7, 11) is 0. The van der Waals surface area contributed by atoms with Crippen LogP contribution in [0.3, 0.4) is 0 Å². The highest BCUT2D eigenvalue weighted by Gasteiger charge is 2.25. The minimum Gasteiger partial charge on any atom is -0.383 e. The Hall–Kier alpha value is -2.05. The first-order chi connectivity index (χ1) is 10.1. The zero-order valence-corrected chi connectivity index (χ0v) is 12.6. The first-order valence-electron chi connectivity index (χ1n) is 7.08. The smallest absolute Gasteiger partial charge is 0.142 e. The van der Waals surface area contributed by atoms with Gasteiger partial charge in [0, 0.05) is 21.8 Å². The van der Waals surface area contributed by atoms with Crippen LogP contribution in [0.2, 0.25) is 5.02 Å². The topological polar surface area (TPSA) is 62.7 Å². The lowest BCUT2D eigenvalue weighted by molar-refractivity contribution is 0.495. The van der Waals surface area contributed by atoms with Crippen molar-refractivity contribution in [2.45, 2.75) is 26.2 Å². The van der Waals surface area contributed by atoms with Gasteiger partial charge < -0.3 is 5.73 Å². The van der Waals surface area contributed by atoms with Crippen LogP contribution >= 0.6 is 11.6 Å². The second-order valence-electron chi connectivity index (χ2n) is 5.61. The van der Waals surface area contributed by atoms with E-state index in [1.807, 2.05) is 24.3 Å². The average Bonchev–Trinajstić information content (AvgIpc) is 2.47. The summed E-state index contributed by atoms with van der Waals surface area (Å²) in [6.45, 7) is 2.22. The summed E-state index contributed by atoms with van der Waals surface area (Å²) in [6.07, 6.45) is 2.93. The number of nitrogens with zero attached hydrogens (tertiary/aromatic N) is 2. The molecule has 0 saturated heterocycles. The van der Waals surface area contributed by atoms with E-state index in [1.54, 1.807) is 0 Å². The van der Waals surface area contributed by atoms with Gasteiger partial charge in [-0.2, -0.15) is 5.26 Å². The van der Waals surface area contributed by atoms with Crippen LogP contribution in [0.15, 0.2) is 24.3 Å². The normalized spacial score (nSPS) is 17.1. The van der Waals surface area contributed by atoms with Gasteiger partial charge in [0.15, 0.2) is 0 Å². The van der Waals surface area contributed by atoms with Crippen LogP contribution in [0.1, 0.15) is 30.2 Å². The summed E-state index contributed by atoms with van der Waals surface area (Å²) in [5, 5.41) is 10.1. The number of nitrogen functional groups attached to an aromatic ring is 1. The molecule has 3 rings (SSSR count). The second kappa shape index (κ2) is 5.38. The van der Waals surface area contributed by atoms with E-state index in [0.717, 1.165) is 41.6 Å². The summed E-state index contributed by atoms with van der Waals surface area (Å²) in [5.74, 6) is 0.886. The maximum absolute atomic E-state index is 9.51. The van der Waals surface area contributed by atoms with Crippen molar-refractivity contribution in [1.29, 1.82) is 5.26 Å². The monoisotopic (exact) mass is 297 g/mol. The molecule has 2 aromatic rings. The van der Waals surface area contributed by atoms with Gasteiger partial charge in [-0.3, -0.25) is 0 Å². The molecule has 0 amide bonds. The molecule has 0 fully saturated rings. The van der Waals surface area contributed by atoms with E-state index in [1.165, 1.54) is 0 Å². The van der Waals surface area contributed by atoms with Crippen LogP contribution < -0.4 is 5.73 Å². The molecule has 1 heterocycles. The van der Waals surface area contributed by atoms with E-state index in [9.17, 15) is 5.26 Å². The summed E-state index contributed by atoms with van der Waals surface area (Å²) in [5.41, 5.74) is 10.3. The number of benzene rings is 1. The van der Waals surface area contributed by atoms with Crippen LogP contribution in [-0.2, 0) is 12.8 Å². The Bertz CT molecular complexity index is 746. The van der Waals surface area contributed by atoms with Crippen molar-refractivity contribution >= 4 is 17.4 Å². The van der Waals surface area contributed by atoms with Crippen molar-refractivity contribution in [3.63, 3.8) is 0 Å². The summed E-state index contributed by atoms with van der Waals surface area (Å²) in [6, 6.07) is 9.81. The standard InChI is InChI=1S/C17H16ClN3/c1-10-6-7-15-12(8-10)16(13(9-19)17(20)21-15)11-4-2-3-5-14(11)18/h2-5,10H,6-8H2,1H3,(H2,20,21). The van der Waals surface area contributed by atoms with Gasteiger partial charge in [-0.1, -0.05) is 36.7 Å². The van der Waals surface area contributed by atoms with Crippen LogP contribution in [0.4, 0.5) is 5.82 Å². The Labute approximate surface area is 129 Å². The number of hydrogen-bond acceptors (Lipinski definition) is 3.